The number of aromatic nitrogens is 4. The average Bonchev–Trinajstić information content (AvgIpc) is 3.18. The van der Waals surface area contributed by atoms with Crippen LogP contribution in [0.15, 0.2) is 36.7 Å². The molecule has 0 unspecified atom stereocenters. The van der Waals surface area contributed by atoms with E-state index >= 15 is 0 Å². The Balaban J connectivity index is 1.59. The lowest BCUT2D eigenvalue weighted by atomic mass is 10.2. The monoisotopic (exact) mass is 353 g/mol. The summed E-state index contributed by atoms with van der Waals surface area (Å²) in [6.07, 6.45) is 3.61. The van der Waals surface area contributed by atoms with E-state index in [1.807, 2.05) is 35.1 Å². The van der Waals surface area contributed by atoms with Gasteiger partial charge in [0, 0.05) is 36.0 Å². The molecule has 26 heavy (non-hydrogen) atoms. The molecule has 4 rings (SSSR count). The van der Waals surface area contributed by atoms with Gasteiger partial charge in [-0.25, -0.2) is 0 Å². The molecule has 2 aromatic heterocycles. The topological polar surface area (TPSA) is 94.2 Å². The molecule has 0 fully saturated rings. The van der Waals surface area contributed by atoms with Gasteiger partial charge in [-0.3, -0.25) is 14.2 Å². The van der Waals surface area contributed by atoms with Crippen LogP contribution < -0.4 is 10.1 Å². The van der Waals surface area contributed by atoms with Crippen LogP contribution in [0, 0.1) is 0 Å². The van der Waals surface area contributed by atoms with Crippen LogP contribution >= 0.6 is 0 Å². The first-order valence-corrected chi connectivity index (χ1v) is 8.36. The van der Waals surface area contributed by atoms with Crippen LogP contribution in [0.1, 0.15) is 18.2 Å². The maximum absolute atomic E-state index is 11.2. The van der Waals surface area contributed by atoms with E-state index in [4.69, 9.17) is 9.84 Å². The number of aliphatic hydroxyl groups excluding tert-OH is 1. The van der Waals surface area contributed by atoms with Crippen molar-refractivity contribution in [3.05, 3.63) is 47.9 Å². The van der Waals surface area contributed by atoms with Crippen molar-refractivity contribution in [2.45, 2.75) is 26.6 Å². The first kappa shape index (κ1) is 16.3. The predicted molar refractivity (Wildman–Crippen MR) is 94.7 cm³/mol. The fraction of sp³-hybridized carbons (Fsp3) is 0.278. The van der Waals surface area contributed by atoms with Gasteiger partial charge in [0.15, 0.2) is 0 Å². The first-order valence-electron chi connectivity index (χ1n) is 8.36. The summed E-state index contributed by atoms with van der Waals surface area (Å²) < 4.78 is 9.53. The van der Waals surface area contributed by atoms with Crippen molar-refractivity contribution in [3.63, 3.8) is 0 Å². The molecule has 8 heteroatoms. The normalized spacial score (nSPS) is 12.7. The van der Waals surface area contributed by atoms with E-state index < -0.39 is 0 Å². The third-order valence-electron chi connectivity index (χ3n) is 4.20. The number of aliphatic hydroxyl groups is 1. The van der Waals surface area contributed by atoms with Crippen LogP contribution in [-0.4, -0.2) is 37.2 Å². The van der Waals surface area contributed by atoms with E-state index in [1.54, 1.807) is 10.9 Å². The highest BCUT2D eigenvalue weighted by molar-refractivity contribution is 5.88. The van der Waals surface area contributed by atoms with Crippen molar-refractivity contribution >= 4 is 11.6 Å². The summed E-state index contributed by atoms with van der Waals surface area (Å²) in [6.45, 7) is 2.98. The Morgan fingerprint density at radius 1 is 1.38 bits per heavy atom. The number of fused-ring (bicyclic) bond motifs is 2. The third kappa shape index (κ3) is 3.18. The zero-order valence-corrected chi connectivity index (χ0v) is 14.3. The number of ether oxygens (including phenoxy) is 1. The minimum absolute atomic E-state index is 0.0475. The van der Waals surface area contributed by atoms with Crippen LogP contribution in [0.5, 0.6) is 5.75 Å². The lowest BCUT2D eigenvalue weighted by molar-refractivity contribution is -0.114. The average molecular weight is 353 g/mol. The molecule has 3 heterocycles. The van der Waals surface area contributed by atoms with Gasteiger partial charge >= 0.3 is 0 Å². The molecule has 0 spiro atoms. The van der Waals surface area contributed by atoms with Gasteiger partial charge in [0.1, 0.15) is 12.4 Å². The van der Waals surface area contributed by atoms with Crippen molar-refractivity contribution in [2.75, 3.05) is 11.9 Å². The Hall–Kier alpha value is -3.13. The SMILES string of the molecule is CC(=O)Nc1ccc2c(c1)OCc1cc(-c3cnn(CCO)c3)nn1C2. The number of benzene rings is 1. The summed E-state index contributed by atoms with van der Waals surface area (Å²) in [5.74, 6) is 0.636. The maximum Gasteiger partial charge on any atom is 0.221 e. The number of anilines is 1. The predicted octanol–water partition coefficient (Wildman–Crippen LogP) is 1.64. The largest absolute Gasteiger partial charge is 0.487 e. The molecule has 2 N–H and O–H groups in total. The van der Waals surface area contributed by atoms with Crippen molar-refractivity contribution in [1.29, 1.82) is 0 Å². The van der Waals surface area contributed by atoms with Crippen LogP contribution in [0.2, 0.25) is 0 Å². The van der Waals surface area contributed by atoms with E-state index in [-0.39, 0.29) is 12.5 Å². The zero-order chi connectivity index (χ0) is 18.1. The number of hydrogen-bond acceptors (Lipinski definition) is 5. The van der Waals surface area contributed by atoms with Crippen molar-refractivity contribution in [2.24, 2.45) is 0 Å². The second kappa shape index (κ2) is 6.64. The first-order chi connectivity index (χ1) is 12.6. The highest BCUT2D eigenvalue weighted by Crippen LogP contribution is 2.29. The summed E-state index contributed by atoms with van der Waals surface area (Å²) in [7, 11) is 0. The van der Waals surface area contributed by atoms with Gasteiger partial charge in [0.05, 0.1) is 37.3 Å². The van der Waals surface area contributed by atoms with Crippen molar-refractivity contribution in [1.82, 2.24) is 19.6 Å². The number of nitrogens with zero attached hydrogens (tertiary/aromatic N) is 4. The third-order valence-corrected chi connectivity index (χ3v) is 4.20. The standard InChI is InChI=1S/C18H19N5O3/c1-12(25)20-15-3-2-13-10-23-16(11-26-18(13)6-15)7-17(21-23)14-8-19-22(9-14)4-5-24/h2-3,6-9,24H,4-5,10-11H2,1H3,(H,20,25). The number of carbonyl (C=O) groups is 1. The number of rotatable bonds is 4. The Morgan fingerprint density at radius 3 is 3.08 bits per heavy atom. The number of carbonyl (C=O) groups excluding carboxylic acids is 1. The molecule has 3 aromatic rings. The molecule has 0 radical (unpaired) electrons. The summed E-state index contributed by atoms with van der Waals surface area (Å²) in [5.41, 5.74) is 4.41. The van der Waals surface area contributed by atoms with Gasteiger partial charge in [-0.05, 0) is 12.1 Å². The zero-order valence-electron chi connectivity index (χ0n) is 14.3. The summed E-state index contributed by atoms with van der Waals surface area (Å²) in [5, 5.41) is 20.7. The molecule has 0 bridgehead atoms. The van der Waals surface area contributed by atoms with Crippen molar-refractivity contribution in [3.8, 4) is 17.0 Å². The van der Waals surface area contributed by atoms with E-state index in [2.05, 4.69) is 15.5 Å². The molecule has 1 aliphatic heterocycles. The van der Waals surface area contributed by atoms with Crippen LogP contribution in [0.3, 0.4) is 0 Å². The molecule has 1 aliphatic rings. The molecule has 0 saturated carbocycles. The summed E-state index contributed by atoms with van der Waals surface area (Å²) in [4.78, 5) is 11.2. The Kier molecular flexibility index (Phi) is 4.18. The lowest BCUT2D eigenvalue weighted by Crippen LogP contribution is -2.06. The van der Waals surface area contributed by atoms with E-state index in [0.717, 1.165) is 28.3 Å². The van der Waals surface area contributed by atoms with Gasteiger partial charge in [-0.15, -0.1) is 0 Å². The minimum atomic E-state index is -0.113. The Labute approximate surface area is 150 Å². The quantitative estimate of drug-likeness (QED) is 0.744. The Bertz CT molecular complexity index is 960. The van der Waals surface area contributed by atoms with Gasteiger partial charge < -0.3 is 15.2 Å². The van der Waals surface area contributed by atoms with Gasteiger partial charge in [0.25, 0.3) is 0 Å². The van der Waals surface area contributed by atoms with Gasteiger partial charge in [-0.1, -0.05) is 6.07 Å². The number of nitrogens with one attached hydrogen (secondary N) is 1. The molecule has 134 valence electrons. The smallest absolute Gasteiger partial charge is 0.221 e. The second-order valence-electron chi connectivity index (χ2n) is 6.19. The van der Waals surface area contributed by atoms with Crippen LogP contribution in [0.25, 0.3) is 11.3 Å². The molecular weight excluding hydrogens is 334 g/mol. The Morgan fingerprint density at radius 2 is 2.27 bits per heavy atom. The van der Waals surface area contributed by atoms with Gasteiger partial charge in [-0.2, -0.15) is 10.2 Å². The molecule has 1 aromatic carbocycles. The molecule has 1 amide bonds. The summed E-state index contributed by atoms with van der Waals surface area (Å²) >= 11 is 0. The van der Waals surface area contributed by atoms with Gasteiger partial charge in [0.2, 0.25) is 5.91 Å². The van der Waals surface area contributed by atoms with Crippen LogP contribution in [0.4, 0.5) is 5.69 Å². The fourth-order valence-electron chi connectivity index (χ4n) is 2.98. The highest BCUT2D eigenvalue weighted by atomic mass is 16.5. The summed E-state index contributed by atoms with van der Waals surface area (Å²) in [6, 6.07) is 7.62. The van der Waals surface area contributed by atoms with Crippen molar-refractivity contribution < 1.29 is 14.6 Å². The number of hydrogen-bond donors (Lipinski definition) is 2. The second-order valence-corrected chi connectivity index (χ2v) is 6.19. The lowest BCUT2D eigenvalue weighted by Gasteiger charge is -2.09. The molecule has 0 atom stereocenters. The highest BCUT2D eigenvalue weighted by Gasteiger charge is 2.18. The number of amides is 1. The van der Waals surface area contributed by atoms with E-state index in [0.29, 0.717) is 25.4 Å². The van der Waals surface area contributed by atoms with E-state index in [9.17, 15) is 4.79 Å². The molecule has 8 nitrogen and oxygen atoms in total. The molecular formula is C18H19N5O3. The molecule has 0 saturated heterocycles. The van der Waals surface area contributed by atoms with Crippen LogP contribution in [-0.2, 0) is 24.5 Å². The van der Waals surface area contributed by atoms with E-state index in [1.165, 1.54) is 6.92 Å². The maximum atomic E-state index is 11.2. The minimum Gasteiger partial charge on any atom is -0.487 e. The fourth-order valence-corrected chi connectivity index (χ4v) is 2.98. The molecule has 0 aliphatic carbocycles.